The van der Waals surface area contributed by atoms with Gasteiger partial charge in [-0.2, -0.15) is 0 Å². The number of rotatable bonds is 2. The van der Waals surface area contributed by atoms with E-state index in [0.717, 1.165) is 6.42 Å². The Hall–Kier alpha value is -0.450. The molecule has 1 aromatic carbocycles. The third-order valence-corrected chi connectivity index (χ3v) is 4.45. The molecule has 0 aliphatic carbocycles. The van der Waals surface area contributed by atoms with Gasteiger partial charge < -0.3 is 9.84 Å². The highest BCUT2D eigenvalue weighted by Gasteiger charge is 2.49. The van der Waals surface area contributed by atoms with Crippen LogP contribution in [0.2, 0.25) is 0 Å². The van der Waals surface area contributed by atoms with E-state index >= 15 is 0 Å². The van der Waals surface area contributed by atoms with Gasteiger partial charge in [-0.15, -0.1) is 0 Å². The van der Waals surface area contributed by atoms with E-state index in [1.165, 1.54) is 6.07 Å². The summed E-state index contributed by atoms with van der Waals surface area (Å²) in [7, 11) is 0. The Morgan fingerprint density at radius 1 is 1.37 bits per heavy atom. The standard InChI is InChI=1S/C15H20BrFO2/c1-14(2)8-10(15(3,4)19-14)13(18)9-5-6-11(16)12(17)7-9/h5-7,10,13,18H,8H2,1-4H3. The first-order valence-corrected chi connectivity index (χ1v) is 7.25. The number of hydrogen-bond donors (Lipinski definition) is 1. The summed E-state index contributed by atoms with van der Waals surface area (Å²) in [6.45, 7) is 7.99. The average molecular weight is 331 g/mol. The topological polar surface area (TPSA) is 29.5 Å². The van der Waals surface area contributed by atoms with Crippen LogP contribution in [-0.2, 0) is 4.74 Å². The lowest BCUT2D eigenvalue weighted by Crippen LogP contribution is -2.32. The first-order valence-electron chi connectivity index (χ1n) is 6.45. The van der Waals surface area contributed by atoms with Crippen LogP contribution in [0.5, 0.6) is 0 Å². The third kappa shape index (κ3) is 3.01. The molecule has 0 aromatic heterocycles. The SMILES string of the molecule is CC1(C)CC(C(O)c2ccc(Br)c(F)c2)C(C)(C)O1. The minimum absolute atomic E-state index is 0.0527. The Labute approximate surface area is 122 Å². The van der Waals surface area contributed by atoms with E-state index in [2.05, 4.69) is 15.9 Å². The smallest absolute Gasteiger partial charge is 0.137 e. The lowest BCUT2D eigenvalue weighted by Gasteiger charge is -2.30. The predicted octanol–water partition coefficient (Wildman–Crippen LogP) is 4.22. The molecule has 0 bridgehead atoms. The zero-order valence-corrected chi connectivity index (χ0v) is 13.3. The molecule has 0 amide bonds. The molecular formula is C15H20BrFO2. The van der Waals surface area contributed by atoms with Crippen molar-refractivity contribution >= 4 is 15.9 Å². The van der Waals surface area contributed by atoms with Crippen molar-refractivity contribution < 1.29 is 14.2 Å². The fourth-order valence-electron chi connectivity index (χ4n) is 3.03. The van der Waals surface area contributed by atoms with Crippen LogP contribution in [-0.4, -0.2) is 16.3 Å². The van der Waals surface area contributed by atoms with E-state index < -0.39 is 11.7 Å². The van der Waals surface area contributed by atoms with Gasteiger partial charge in [0.05, 0.1) is 21.8 Å². The first kappa shape index (κ1) is 14.9. The van der Waals surface area contributed by atoms with Gasteiger partial charge in [0.2, 0.25) is 0 Å². The molecular weight excluding hydrogens is 311 g/mol. The van der Waals surface area contributed by atoms with Crippen LogP contribution in [0.4, 0.5) is 4.39 Å². The molecule has 0 saturated carbocycles. The molecule has 2 rings (SSSR count). The minimum atomic E-state index is -0.723. The van der Waals surface area contributed by atoms with Crippen LogP contribution in [0.25, 0.3) is 0 Å². The molecule has 4 heteroatoms. The maximum atomic E-state index is 13.6. The van der Waals surface area contributed by atoms with Crippen LogP contribution in [0.3, 0.4) is 0 Å². The molecule has 1 saturated heterocycles. The molecule has 1 aliphatic heterocycles. The summed E-state index contributed by atoms with van der Waals surface area (Å²) >= 11 is 3.12. The van der Waals surface area contributed by atoms with Gasteiger partial charge in [0.1, 0.15) is 5.82 Å². The van der Waals surface area contributed by atoms with Gasteiger partial charge in [0.25, 0.3) is 0 Å². The maximum absolute atomic E-state index is 13.6. The molecule has 1 aromatic rings. The van der Waals surface area contributed by atoms with Crippen LogP contribution in [0, 0.1) is 11.7 Å². The number of benzene rings is 1. The van der Waals surface area contributed by atoms with E-state index in [1.807, 2.05) is 27.7 Å². The van der Waals surface area contributed by atoms with Crippen molar-refractivity contribution in [1.29, 1.82) is 0 Å². The average Bonchev–Trinajstić information content (AvgIpc) is 2.49. The van der Waals surface area contributed by atoms with Gasteiger partial charge in [0, 0.05) is 5.92 Å². The number of aliphatic hydroxyl groups is 1. The summed E-state index contributed by atoms with van der Waals surface area (Å²) in [5.74, 6) is -0.407. The van der Waals surface area contributed by atoms with Crippen LogP contribution in [0.1, 0.15) is 45.8 Å². The molecule has 2 unspecified atom stereocenters. The van der Waals surface area contributed by atoms with Gasteiger partial charge in [-0.25, -0.2) is 4.39 Å². The Balaban J connectivity index is 2.28. The lowest BCUT2D eigenvalue weighted by atomic mass is 9.80. The number of halogens is 2. The molecule has 19 heavy (non-hydrogen) atoms. The monoisotopic (exact) mass is 330 g/mol. The second-order valence-electron chi connectivity index (χ2n) is 6.39. The predicted molar refractivity (Wildman–Crippen MR) is 76.4 cm³/mol. The summed E-state index contributed by atoms with van der Waals surface area (Å²) in [6.07, 6.45) is 0.0261. The van der Waals surface area contributed by atoms with Crippen molar-refractivity contribution in [2.24, 2.45) is 5.92 Å². The third-order valence-electron chi connectivity index (χ3n) is 3.81. The quantitative estimate of drug-likeness (QED) is 0.879. The number of aliphatic hydroxyl groups excluding tert-OH is 1. The van der Waals surface area contributed by atoms with Crippen molar-refractivity contribution in [2.45, 2.75) is 51.4 Å². The Morgan fingerprint density at radius 3 is 2.47 bits per heavy atom. The van der Waals surface area contributed by atoms with E-state index in [1.54, 1.807) is 12.1 Å². The molecule has 1 aliphatic rings. The zero-order chi connectivity index (χ0) is 14.4. The van der Waals surface area contributed by atoms with E-state index in [-0.39, 0.29) is 17.3 Å². The number of ether oxygens (including phenoxy) is 1. The number of hydrogen-bond acceptors (Lipinski definition) is 2. The van der Waals surface area contributed by atoms with Gasteiger partial charge in [0.15, 0.2) is 0 Å². The second kappa shape index (κ2) is 4.83. The fraction of sp³-hybridized carbons (Fsp3) is 0.600. The van der Waals surface area contributed by atoms with Gasteiger partial charge >= 0.3 is 0 Å². The van der Waals surface area contributed by atoms with E-state index in [0.29, 0.717) is 10.0 Å². The van der Waals surface area contributed by atoms with Crippen molar-refractivity contribution in [1.82, 2.24) is 0 Å². The van der Waals surface area contributed by atoms with Crippen LogP contribution >= 0.6 is 15.9 Å². The molecule has 2 nitrogen and oxygen atoms in total. The second-order valence-corrected chi connectivity index (χ2v) is 7.25. The van der Waals surface area contributed by atoms with Crippen molar-refractivity contribution in [2.75, 3.05) is 0 Å². The summed E-state index contributed by atoms with van der Waals surface area (Å²) in [4.78, 5) is 0. The molecule has 1 fully saturated rings. The van der Waals surface area contributed by atoms with Gasteiger partial charge in [-0.1, -0.05) is 6.07 Å². The summed E-state index contributed by atoms with van der Waals surface area (Å²) in [5.41, 5.74) is -0.0877. The summed E-state index contributed by atoms with van der Waals surface area (Å²) < 4.78 is 20.0. The molecule has 1 heterocycles. The van der Waals surface area contributed by atoms with Gasteiger partial charge in [-0.05, 0) is 67.7 Å². The Kier molecular flexibility index (Phi) is 3.80. The highest BCUT2D eigenvalue weighted by molar-refractivity contribution is 9.10. The van der Waals surface area contributed by atoms with Crippen molar-refractivity contribution in [3.63, 3.8) is 0 Å². The highest BCUT2D eigenvalue weighted by Crippen LogP contribution is 2.47. The van der Waals surface area contributed by atoms with Gasteiger partial charge in [-0.3, -0.25) is 0 Å². The highest BCUT2D eigenvalue weighted by atomic mass is 79.9. The maximum Gasteiger partial charge on any atom is 0.137 e. The van der Waals surface area contributed by atoms with Crippen LogP contribution < -0.4 is 0 Å². The van der Waals surface area contributed by atoms with E-state index in [4.69, 9.17) is 4.74 Å². The summed E-state index contributed by atoms with van der Waals surface area (Å²) in [6, 6.07) is 4.76. The van der Waals surface area contributed by atoms with Crippen molar-refractivity contribution in [3.8, 4) is 0 Å². The molecule has 2 atom stereocenters. The van der Waals surface area contributed by atoms with Crippen molar-refractivity contribution in [3.05, 3.63) is 34.1 Å². The first-order chi connectivity index (χ1) is 8.62. The normalized spacial score (nSPS) is 26.4. The summed E-state index contributed by atoms with van der Waals surface area (Å²) in [5, 5.41) is 10.5. The largest absolute Gasteiger partial charge is 0.388 e. The fourth-order valence-corrected chi connectivity index (χ4v) is 3.27. The lowest BCUT2D eigenvalue weighted by molar-refractivity contribution is -0.0880. The molecule has 1 N–H and O–H groups in total. The molecule has 0 spiro atoms. The molecule has 106 valence electrons. The molecule has 0 radical (unpaired) electrons. The Morgan fingerprint density at radius 2 is 2.00 bits per heavy atom. The van der Waals surface area contributed by atoms with Crippen LogP contribution in [0.15, 0.2) is 22.7 Å². The zero-order valence-electron chi connectivity index (χ0n) is 11.7. The minimum Gasteiger partial charge on any atom is -0.388 e. The van der Waals surface area contributed by atoms with E-state index in [9.17, 15) is 9.50 Å². The Bertz CT molecular complexity index is 485.